The molecule has 0 aliphatic carbocycles. The molecule has 3 aromatic heterocycles. The number of pyridine rings is 1. The molecule has 34 heavy (non-hydrogen) atoms. The SMILES string of the molecule is c1ccc(-n2ccc3ccc4c5ccccc5n(-c5cccc(-c6cccnc6)c5)c4c32)cc1. The summed E-state index contributed by atoms with van der Waals surface area (Å²) in [5, 5.41) is 3.74. The Morgan fingerprint density at radius 2 is 1.38 bits per heavy atom. The van der Waals surface area contributed by atoms with Gasteiger partial charge in [0.1, 0.15) is 0 Å². The topological polar surface area (TPSA) is 22.8 Å². The van der Waals surface area contributed by atoms with Crippen molar-refractivity contribution in [2.24, 2.45) is 0 Å². The van der Waals surface area contributed by atoms with Crippen molar-refractivity contribution in [3.05, 3.63) is 128 Å². The maximum absolute atomic E-state index is 4.32. The quantitative estimate of drug-likeness (QED) is 0.278. The highest BCUT2D eigenvalue weighted by molar-refractivity contribution is 6.18. The minimum atomic E-state index is 1.11. The van der Waals surface area contributed by atoms with E-state index in [0.717, 1.165) is 22.5 Å². The van der Waals surface area contributed by atoms with E-state index in [0.29, 0.717) is 0 Å². The lowest BCUT2D eigenvalue weighted by Gasteiger charge is -2.13. The molecule has 7 rings (SSSR count). The van der Waals surface area contributed by atoms with Gasteiger partial charge in [-0.1, -0.05) is 66.7 Å². The molecule has 3 heterocycles. The van der Waals surface area contributed by atoms with Crippen LogP contribution in [0.2, 0.25) is 0 Å². The van der Waals surface area contributed by atoms with E-state index in [2.05, 4.69) is 123 Å². The monoisotopic (exact) mass is 435 g/mol. The fourth-order valence-electron chi connectivity index (χ4n) is 5.10. The molecule has 0 amide bonds. The van der Waals surface area contributed by atoms with Gasteiger partial charge in [-0.05, 0) is 48.0 Å². The van der Waals surface area contributed by atoms with E-state index < -0.39 is 0 Å². The summed E-state index contributed by atoms with van der Waals surface area (Å²) in [6.07, 6.45) is 5.91. The molecule has 0 aliphatic heterocycles. The number of benzene rings is 4. The lowest BCUT2D eigenvalue weighted by Crippen LogP contribution is -1.98. The van der Waals surface area contributed by atoms with Crippen molar-refractivity contribution in [2.75, 3.05) is 0 Å². The van der Waals surface area contributed by atoms with Crippen molar-refractivity contribution < 1.29 is 0 Å². The van der Waals surface area contributed by atoms with E-state index in [4.69, 9.17) is 0 Å². The summed E-state index contributed by atoms with van der Waals surface area (Å²) >= 11 is 0. The Hall–Kier alpha value is -4.63. The first-order valence-corrected chi connectivity index (χ1v) is 11.5. The van der Waals surface area contributed by atoms with E-state index in [1.165, 1.54) is 32.7 Å². The third-order valence-electron chi connectivity index (χ3n) is 6.62. The van der Waals surface area contributed by atoms with E-state index in [1.54, 1.807) is 0 Å². The maximum Gasteiger partial charge on any atom is 0.0788 e. The first-order valence-electron chi connectivity index (χ1n) is 11.5. The summed E-state index contributed by atoms with van der Waals surface area (Å²) in [6, 6.07) is 38.8. The largest absolute Gasteiger partial charge is 0.315 e. The second-order valence-electron chi connectivity index (χ2n) is 8.57. The molecule has 0 saturated carbocycles. The number of hydrogen-bond acceptors (Lipinski definition) is 1. The molecular formula is C31H21N3. The molecule has 7 aromatic rings. The lowest BCUT2D eigenvalue weighted by molar-refractivity contribution is 1.12. The normalized spacial score (nSPS) is 11.5. The second kappa shape index (κ2) is 7.46. The van der Waals surface area contributed by atoms with Crippen LogP contribution < -0.4 is 0 Å². The average molecular weight is 436 g/mol. The Kier molecular flexibility index (Phi) is 4.15. The highest BCUT2D eigenvalue weighted by Crippen LogP contribution is 2.38. The molecule has 0 unspecified atom stereocenters. The van der Waals surface area contributed by atoms with Crippen molar-refractivity contribution in [1.82, 2.24) is 14.1 Å². The number of aromatic nitrogens is 3. The first kappa shape index (κ1) is 18.9. The van der Waals surface area contributed by atoms with Gasteiger partial charge >= 0.3 is 0 Å². The Bertz CT molecular complexity index is 1790. The van der Waals surface area contributed by atoms with Crippen LogP contribution in [0.15, 0.2) is 128 Å². The van der Waals surface area contributed by atoms with E-state index in [1.807, 2.05) is 18.5 Å². The third-order valence-corrected chi connectivity index (χ3v) is 6.62. The summed E-state index contributed by atoms with van der Waals surface area (Å²) in [6.45, 7) is 0. The summed E-state index contributed by atoms with van der Waals surface area (Å²) in [4.78, 5) is 4.32. The van der Waals surface area contributed by atoms with Gasteiger partial charge < -0.3 is 9.13 Å². The smallest absolute Gasteiger partial charge is 0.0788 e. The molecule has 0 aliphatic rings. The molecule has 4 aromatic carbocycles. The van der Waals surface area contributed by atoms with Gasteiger partial charge in [0.05, 0.1) is 16.6 Å². The zero-order valence-corrected chi connectivity index (χ0v) is 18.5. The van der Waals surface area contributed by atoms with Gasteiger partial charge in [-0.25, -0.2) is 0 Å². The Morgan fingerprint density at radius 1 is 0.559 bits per heavy atom. The molecule has 0 N–H and O–H groups in total. The summed E-state index contributed by atoms with van der Waals surface area (Å²) in [5.41, 5.74) is 8.20. The molecular weight excluding hydrogens is 414 g/mol. The van der Waals surface area contributed by atoms with Crippen LogP contribution >= 0.6 is 0 Å². The highest BCUT2D eigenvalue weighted by atomic mass is 15.0. The predicted molar refractivity (Wildman–Crippen MR) is 141 cm³/mol. The van der Waals surface area contributed by atoms with Gasteiger partial charge in [-0.2, -0.15) is 0 Å². The Balaban J connectivity index is 1.61. The fraction of sp³-hybridized carbons (Fsp3) is 0. The second-order valence-corrected chi connectivity index (χ2v) is 8.57. The average Bonchev–Trinajstić information content (AvgIpc) is 3.49. The highest BCUT2D eigenvalue weighted by Gasteiger charge is 2.17. The van der Waals surface area contributed by atoms with Crippen molar-refractivity contribution >= 4 is 32.7 Å². The number of nitrogens with zero attached hydrogens (tertiary/aromatic N) is 3. The predicted octanol–water partition coefficient (Wildman–Crippen LogP) is 7.79. The van der Waals surface area contributed by atoms with Crippen molar-refractivity contribution in [1.29, 1.82) is 0 Å². The van der Waals surface area contributed by atoms with E-state index in [9.17, 15) is 0 Å². The Labute approximate surface area is 197 Å². The van der Waals surface area contributed by atoms with Crippen LogP contribution in [0.1, 0.15) is 0 Å². The number of rotatable bonds is 3. The zero-order valence-electron chi connectivity index (χ0n) is 18.5. The van der Waals surface area contributed by atoms with Crippen LogP contribution in [0.3, 0.4) is 0 Å². The molecule has 0 fully saturated rings. The first-order chi connectivity index (χ1) is 16.9. The van der Waals surface area contributed by atoms with Crippen molar-refractivity contribution in [3.63, 3.8) is 0 Å². The molecule has 0 bridgehead atoms. The van der Waals surface area contributed by atoms with Gasteiger partial charge in [0, 0.05) is 51.7 Å². The van der Waals surface area contributed by atoms with Crippen molar-refractivity contribution in [2.45, 2.75) is 0 Å². The van der Waals surface area contributed by atoms with Crippen LogP contribution in [0, 0.1) is 0 Å². The molecule has 0 saturated heterocycles. The van der Waals surface area contributed by atoms with E-state index >= 15 is 0 Å². The van der Waals surface area contributed by atoms with Crippen LogP contribution in [0.25, 0.3) is 55.2 Å². The molecule has 0 spiro atoms. The van der Waals surface area contributed by atoms with E-state index in [-0.39, 0.29) is 0 Å². The molecule has 0 radical (unpaired) electrons. The van der Waals surface area contributed by atoms with Crippen LogP contribution in [-0.4, -0.2) is 14.1 Å². The zero-order chi connectivity index (χ0) is 22.5. The van der Waals surface area contributed by atoms with Crippen LogP contribution in [0.4, 0.5) is 0 Å². The minimum Gasteiger partial charge on any atom is -0.315 e. The molecule has 160 valence electrons. The van der Waals surface area contributed by atoms with Crippen LogP contribution in [-0.2, 0) is 0 Å². The van der Waals surface area contributed by atoms with Crippen molar-refractivity contribution in [3.8, 4) is 22.5 Å². The maximum atomic E-state index is 4.32. The minimum absolute atomic E-state index is 1.11. The van der Waals surface area contributed by atoms with Crippen LogP contribution in [0.5, 0.6) is 0 Å². The molecule has 3 heteroatoms. The third kappa shape index (κ3) is 2.81. The number of fused-ring (bicyclic) bond motifs is 5. The summed E-state index contributed by atoms with van der Waals surface area (Å²) < 4.78 is 4.71. The lowest BCUT2D eigenvalue weighted by atomic mass is 10.1. The number of para-hydroxylation sites is 2. The molecule has 0 atom stereocenters. The molecule has 3 nitrogen and oxygen atoms in total. The fourth-order valence-corrected chi connectivity index (χ4v) is 5.10. The van der Waals surface area contributed by atoms with Gasteiger partial charge in [0.15, 0.2) is 0 Å². The summed E-state index contributed by atoms with van der Waals surface area (Å²) in [7, 11) is 0. The Morgan fingerprint density at radius 3 is 2.26 bits per heavy atom. The van der Waals surface area contributed by atoms with Gasteiger partial charge in [0.25, 0.3) is 0 Å². The number of hydrogen-bond donors (Lipinski definition) is 0. The standard InChI is InChI=1S/C31H21N3/c1-2-10-25(11-3-1)33-19-17-22-15-16-28-27-13-4-5-14-29(27)34(31(28)30(22)33)26-12-6-8-23(20-26)24-9-7-18-32-21-24/h1-21H. The summed E-state index contributed by atoms with van der Waals surface area (Å²) in [5.74, 6) is 0. The van der Waals surface area contributed by atoms with Gasteiger partial charge in [0.2, 0.25) is 0 Å². The van der Waals surface area contributed by atoms with Gasteiger partial charge in [-0.3, -0.25) is 4.98 Å². The van der Waals surface area contributed by atoms with Gasteiger partial charge in [-0.15, -0.1) is 0 Å².